The van der Waals surface area contributed by atoms with Gasteiger partial charge in [-0.25, -0.2) is 4.79 Å². The van der Waals surface area contributed by atoms with Crippen molar-refractivity contribution in [2.75, 3.05) is 24.5 Å². The molecule has 0 aromatic heterocycles. The van der Waals surface area contributed by atoms with Crippen LogP contribution in [0, 0.1) is 0 Å². The number of aryl methyl sites for hydroxylation is 1. The van der Waals surface area contributed by atoms with Crippen molar-refractivity contribution in [3.8, 4) is 0 Å². The number of aliphatic hydroxyl groups is 1. The normalized spacial score (nSPS) is 15.4. The van der Waals surface area contributed by atoms with E-state index in [0.29, 0.717) is 31.4 Å². The van der Waals surface area contributed by atoms with Crippen molar-refractivity contribution in [3.63, 3.8) is 0 Å². The third kappa shape index (κ3) is 4.83. The number of hydrogen-bond donors (Lipinski definition) is 2. The lowest BCUT2D eigenvalue weighted by molar-refractivity contribution is -0.118. The standard InChI is InChI=1S/C25H28N2O5/c28-21(16-26(25(31)32)12-10-17-4-2-1-3-5-17)7-8-22(29)20-14-18-6-9-23(30)27-13-11-19(15-20)24(18)27/h1-5,14-15,21,28H,6-13,16H2,(H,31,32). The van der Waals surface area contributed by atoms with Crippen LogP contribution in [0.4, 0.5) is 10.5 Å². The van der Waals surface area contributed by atoms with E-state index in [1.807, 2.05) is 47.4 Å². The third-order valence-electron chi connectivity index (χ3n) is 6.29. The Kier molecular flexibility index (Phi) is 6.55. The predicted molar refractivity (Wildman–Crippen MR) is 120 cm³/mol. The predicted octanol–water partition coefficient (Wildman–Crippen LogP) is 3.07. The summed E-state index contributed by atoms with van der Waals surface area (Å²) < 4.78 is 0. The number of aliphatic hydroxyl groups excluding tert-OH is 1. The molecular formula is C25H28N2O5. The molecule has 0 fully saturated rings. The minimum absolute atomic E-state index is 0.0258. The van der Waals surface area contributed by atoms with Gasteiger partial charge in [0.2, 0.25) is 5.91 Å². The zero-order chi connectivity index (χ0) is 22.7. The van der Waals surface area contributed by atoms with Crippen LogP contribution >= 0.6 is 0 Å². The van der Waals surface area contributed by atoms with E-state index in [1.54, 1.807) is 0 Å². The molecule has 2 aliphatic heterocycles. The first-order valence-electron chi connectivity index (χ1n) is 11.1. The summed E-state index contributed by atoms with van der Waals surface area (Å²) in [5, 5.41) is 19.9. The summed E-state index contributed by atoms with van der Waals surface area (Å²) in [6.45, 7) is 0.932. The fourth-order valence-electron chi connectivity index (χ4n) is 4.58. The van der Waals surface area contributed by atoms with Gasteiger partial charge in [-0.05, 0) is 54.5 Å². The molecule has 0 aliphatic carbocycles. The molecule has 0 spiro atoms. The number of carboxylic acid groups (broad SMARTS) is 1. The summed E-state index contributed by atoms with van der Waals surface area (Å²) in [4.78, 5) is 39.4. The Morgan fingerprint density at radius 2 is 1.78 bits per heavy atom. The van der Waals surface area contributed by atoms with Crippen molar-refractivity contribution in [3.05, 3.63) is 64.7 Å². The zero-order valence-corrected chi connectivity index (χ0v) is 18.0. The van der Waals surface area contributed by atoms with Gasteiger partial charge in [0.05, 0.1) is 11.8 Å². The second kappa shape index (κ2) is 9.53. The summed E-state index contributed by atoms with van der Waals surface area (Å²) >= 11 is 0. The van der Waals surface area contributed by atoms with Gasteiger partial charge in [0.1, 0.15) is 0 Å². The second-order valence-electron chi connectivity index (χ2n) is 8.52. The monoisotopic (exact) mass is 436 g/mol. The van der Waals surface area contributed by atoms with Gasteiger partial charge in [0, 0.05) is 38.0 Å². The molecule has 168 valence electrons. The first-order chi connectivity index (χ1) is 15.4. The van der Waals surface area contributed by atoms with E-state index in [-0.39, 0.29) is 37.6 Å². The van der Waals surface area contributed by atoms with Crippen LogP contribution in [-0.2, 0) is 24.1 Å². The minimum Gasteiger partial charge on any atom is -0.465 e. The molecule has 2 aliphatic rings. The number of carbonyl (C=O) groups is 3. The van der Waals surface area contributed by atoms with Gasteiger partial charge >= 0.3 is 6.09 Å². The Bertz CT molecular complexity index is 1020. The first-order valence-corrected chi connectivity index (χ1v) is 11.1. The van der Waals surface area contributed by atoms with Crippen molar-refractivity contribution in [2.24, 2.45) is 0 Å². The molecule has 7 heteroatoms. The van der Waals surface area contributed by atoms with Crippen LogP contribution in [0.3, 0.4) is 0 Å². The highest BCUT2D eigenvalue weighted by Gasteiger charge is 2.32. The molecule has 0 bridgehead atoms. The van der Waals surface area contributed by atoms with Crippen molar-refractivity contribution in [1.29, 1.82) is 0 Å². The van der Waals surface area contributed by atoms with Gasteiger partial charge < -0.3 is 20.0 Å². The quantitative estimate of drug-likeness (QED) is 0.589. The van der Waals surface area contributed by atoms with Gasteiger partial charge in [0.25, 0.3) is 0 Å². The number of Topliss-reactive ketones (excluding diaryl/α,β-unsaturated/α-hetero) is 1. The van der Waals surface area contributed by atoms with Crippen LogP contribution in [0.1, 0.15) is 46.3 Å². The van der Waals surface area contributed by atoms with Crippen LogP contribution in [-0.4, -0.2) is 58.6 Å². The molecule has 0 radical (unpaired) electrons. The van der Waals surface area contributed by atoms with E-state index >= 15 is 0 Å². The third-order valence-corrected chi connectivity index (χ3v) is 6.29. The molecule has 7 nitrogen and oxygen atoms in total. The number of rotatable bonds is 9. The molecule has 1 atom stereocenters. The number of anilines is 1. The Labute approximate surface area is 187 Å². The topological polar surface area (TPSA) is 98.2 Å². The number of amides is 2. The maximum absolute atomic E-state index is 12.8. The lowest BCUT2D eigenvalue weighted by Crippen LogP contribution is -2.38. The highest BCUT2D eigenvalue weighted by molar-refractivity contribution is 6.02. The SMILES string of the molecule is O=C(CCC(O)CN(CCc1ccccc1)C(=O)O)c1cc2c3c(c1)CCN3C(=O)CC2. The molecule has 32 heavy (non-hydrogen) atoms. The van der Waals surface area contributed by atoms with E-state index in [2.05, 4.69) is 0 Å². The first kappa shape index (κ1) is 22.0. The number of hydrogen-bond acceptors (Lipinski definition) is 4. The van der Waals surface area contributed by atoms with Gasteiger partial charge in [-0.2, -0.15) is 0 Å². The van der Waals surface area contributed by atoms with E-state index in [4.69, 9.17) is 0 Å². The van der Waals surface area contributed by atoms with E-state index in [0.717, 1.165) is 28.8 Å². The maximum atomic E-state index is 12.8. The van der Waals surface area contributed by atoms with Crippen molar-refractivity contribution >= 4 is 23.5 Å². The fourth-order valence-corrected chi connectivity index (χ4v) is 4.58. The van der Waals surface area contributed by atoms with Crippen LogP contribution in [0.5, 0.6) is 0 Å². The molecule has 0 saturated carbocycles. The Hall–Kier alpha value is -3.19. The van der Waals surface area contributed by atoms with Crippen molar-refractivity contribution < 1.29 is 24.6 Å². The summed E-state index contributed by atoms with van der Waals surface area (Å²) in [6.07, 6.45) is 0.796. The average Bonchev–Trinajstić information content (AvgIpc) is 3.23. The van der Waals surface area contributed by atoms with E-state index in [9.17, 15) is 24.6 Å². The molecule has 0 saturated heterocycles. The lowest BCUT2D eigenvalue weighted by Gasteiger charge is -2.25. The molecule has 2 aromatic carbocycles. The van der Waals surface area contributed by atoms with Gasteiger partial charge in [0.15, 0.2) is 5.78 Å². The number of ketones is 1. The fraction of sp³-hybridized carbons (Fsp3) is 0.400. The van der Waals surface area contributed by atoms with E-state index < -0.39 is 12.2 Å². The summed E-state index contributed by atoms with van der Waals surface area (Å²) in [5.41, 5.74) is 4.71. The Morgan fingerprint density at radius 1 is 1.06 bits per heavy atom. The average molecular weight is 437 g/mol. The number of carbonyl (C=O) groups excluding carboxylic acids is 2. The number of nitrogens with zero attached hydrogens (tertiary/aromatic N) is 2. The minimum atomic E-state index is -1.08. The highest BCUT2D eigenvalue weighted by Crippen LogP contribution is 2.37. The Morgan fingerprint density at radius 3 is 2.50 bits per heavy atom. The summed E-state index contributed by atoms with van der Waals surface area (Å²) in [5.74, 6) is 0.0818. The smallest absolute Gasteiger partial charge is 0.407 e. The van der Waals surface area contributed by atoms with Crippen LogP contribution in [0.2, 0.25) is 0 Å². The summed E-state index contributed by atoms with van der Waals surface area (Å²) in [6, 6.07) is 13.3. The van der Waals surface area contributed by atoms with Crippen molar-refractivity contribution in [2.45, 2.75) is 44.6 Å². The molecule has 4 rings (SSSR count). The molecule has 2 heterocycles. The largest absolute Gasteiger partial charge is 0.465 e. The van der Waals surface area contributed by atoms with Crippen LogP contribution < -0.4 is 4.90 Å². The van der Waals surface area contributed by atoms with Gasteiger partial charge in [-0.1, -0.05) is 30.3 Å². The van der Waals surface area contributed by atoms with Crippen LogP contribution in [0.15, 0.2) is 42.5 Å². The Balaban J connectivity index is 1.32. The zero-order valence-electron chi connectivity index (χ0n) is 18.0. The van der Waals surface area contributed by atoms with Crippen molar-refractivity contribution in [1.82, 2.24) is 4.90 Å². The van der Waals surface area contributed by atoms with E-state index in [1.165, 1.54) is 4.90 Å². The molecule has 2 N–H and O–H groups in total. The second-order valence-corrected chi connectivity index (χ2v) is 8.52. The molecule has 2 amide bonds. The molecule has 2 aromatic rings. The molecular weight excluding hydrogens is 408 g/mol. The van der Waals surface area contributed by atoms with Gasteiger partial charge in [-0.15, -0.1) is 0 Å². The number of benzene rings is 2. The lowest BCUT2D eigenvalue weighted by atomic mass is 9.94. The van der Waals surface area contributed by atoms with Gasteiger partial charge in [-0.3, -0.25) is 9.59 Å². The summed E-state index contributed by atoms with van der Waals surface area (Å²) in [7, 11) is 0. The molecule has 1 unspecified atom stereocenters. The maximum Gasteiger partial charge on any atom is 0.407 e. The van der Waals surface area contributed by atoms with Crippen LogP contribution in [0.25, 0.3) is 0 Å². The highest BCUT2D eigenvalue weighted by atomic mass is 16.4.